The fraction of sp³-hybridized carbons (Fsp3) is 0.667. The van der Waals surface area contributed by atoms with Gasteiger partial charge >= 0.3 is 0 Å². The van der Waals surface area contributed by atoms with Crippen LogP contribution in [0.15, 0.2) is 6.07 Å². The molecule has 0 spiro atoms. The smallest absolute Gasteiger partial charge is 0.00800 e. The number of aryl methyl sites for hydroxylation is 3. The summed E-state index contributed by atoms with van der Waals surface area (Å²) in [6.07, 6.45) is 9.82. The lowest BCUT2D eigenvalue weighted by Crippen LogP contribution is -1.86. The Hall–Kier alpha value is -0.300. The first kappa shape index (κ1) is 9.26. The first-order valence-electron chi connectivity index (χ1n) is 5.44. The van der Waals surface area contributed by atoms with Crippen molar-refractivity contribution in [3.63, 3.8) is 0 Å². The summed E-state index contributed by atoms with van der Waals surface area (Å²) >= 11 is 2.02. The Morgan fingerprint density at radius 3 is 2.54 bits per heavy atom. The Balaban J connectivity index is 2.16. The molecule has 1 aromatic rings. The highest BCUT2D eigenvalue weighted by atomic mass is 32.1. The lowest BCUT2D eigenvalue weighted by molar-refractivity contribution is 0.629. The van der Waals surface area contributed by atoms with Gasteiger partial charge in [0.15, 0.2) is 0 Å². The standard InChI is InChI=1S/C12H18S/c1-10-9-11-7-5-3-2-4-6-8-12(11)13-10/h9H,2-8H2,1H3. The predicted octanol–water partition coefficient (Wildman–Crippen LogP) is 4.11. The van der Waals surface area contributed by atoms with Crippen LogP contribution >= 0.6 is 11.3 Å². The van der Waals surface area contributed by atoms with Crippen LogP contribution in [0.25, 0.3) is 0 Å². The molecule has 1 heterocycles. The molecule has 0 bridgehead atoms. The van der Waals surface area contributed by atoms with Crippen LogP contribution in [0.4, 0.5) is 0 Å². The summed E-state index contributed by atoms with van der Waals surface area (Å²) in [7, 11) is 0. The van der Waals surface area contributed by atoms with Crippen LogP contribution in [0.3, 0.4) is 0 Å². The van der Waals surface area contributed by atoms with Crippen molar-refractivity contribution in [1.29, 1.82) is 0 Å². The molecule has 1 heteroatoms. The summed E-state index contributed by atoms with van der Waals surface area (Å²) in [5, 5.41) is 0. The first-order chi connectivity index (χ1) is 6.36. The molecule has 0 saturated carbocycles. The molecule has 0 fully saturated rings. The quantitative estimate of drug-likeness (QED) is 0.583. The number of thiophene rings is 1. The van der Waals surface area contributed by atoms with E-state index in [1.807, 2.05) is 11.3 Å². The van der Waals surface area contributed by atoms with Gasteiger partial charge in [-0.3, -0.25) is 0 Å². The van der Waals surface area contributed by atoms with Gasteiger partial charge < -0.3 is 0 Å². The number of fused-ring (bicyclic) bond motifs is 1. The van der Waals surface area contributed by atoms with E-state index in [1.54, 1.807) is 10.4 Å². The van der Waals surface area contributed by atoms with Crippen molar-refractivity contribution in [3.8, 4) is 0 Å². The number of hydrogen-bond acceptors (Lipinski definition) is 1. The maximum absolute atomic E-state index is 2.41. The summed E-state index contributed by atoms with van der Waals surface area (Å²) in [5.74, 6) is 0. The Kier molecular flexibility index (Phi) is 3.05. The largest absolute Gasteiger partial charge is 0.145 e. The summed E-state index contributed by atoms with van der Waals surface area (Å²) in [4.78, 5) is 3.19. The van der Waals surface area contributed by atoms with E-state index in [1.165, 1.54) is 49.8 Å². The molecule has 0 atom stereocenters. The van der Waals surface area contributed by atoms with Crippen LogP contribution in [0.5, 0.6) is 0 Å². The van der Waals surface area contributed by atoms with Gasteiger partial charge in [0, 0.05) is 9.75 Å². The summed E-state index contributed by atoms with van der Waals surface area (Å²) in [6, 6.07) is 2.41. The van der Waals surface area contributed by atoms with Crippen molar-refractivity contribution in [1.82, 2.24) is 0 Å². The van der Waals surface area contributed by atoms with E-state index in [-0.39, 0.29) is 0 Å². The van der Waals surface area contributed by atoms with Crippen molar-refractivity contribution < 1.29 is 0 Å². The molecular weight excluding hydrogens is 176 g/mol. The van der Waals surface area contributed by atoms with Crippen molar-refractivity contribution in [2.45, 2.75) is 51.9 Å². The SMILES string of the molecule is Cc1cc2c(s1)CCCCCCC2. The zero-order valence-corrected chi connectivity index (χ0v) is 9.25. The molecular formula is C12H18S. The van der Waals surface area contributed by atoms with Gasteiger partial charge in [0.2, 0.25) is 0 Å². The van der Waals surface area contributed by atoms with E-state index in [0.29, 0.717) is 0 Å². The molecule has 0 N–H and O–H groups in total. The second-order valence-electron chi connectivity index (χ2n) is 4.07. The average molecular weight is 194 g/mol. The van der Waals surface area contributed by atoms with Gasteiger partial charge in [0.1, 0.15) is 0 Å². The third-order valence-electron chi connectivity index (χ3n) is 2.87. The second kappa shape index (κ2) is 4.28. The van der Waals surface area contributed by atoms with Crippen LogP contribution in [0, 0.1) is 6.92 Å². The second-order valence-corrected chi connectivity index (χ2v) is 5.41. The van der Waals surface area contributed by atoms with Gasteiger partial charge in [0.25, 0.3) is 0 Å². The Morgan fingerprint density at radius 1 is 1.00 bits per heavy atom. The van der Waals surface area contributed by atoms with Crippen LogP contribution in [0.1, 0.15) is 47.4 Å². The fourth-order valence-corrected chi connectivity index (χ4v) is 3.30. The summed E-state index contributed by atoms with van der Waals surface area (Å²) in [5.41, 5.74) is 1.66. The van der Waals surface area contributed by atoms with Gasteiger partial charge in [-0.25, -0.2) is 0 Å². The molecule has 0 aromatic carbocycles. The molecule has 1 aliphatic rings. The average Bonchev–Trinajstić information content (AvgIpc) is 2.46. The monoisotopic (exact) mass is 194 g/mol. The third kappa shape index (κ3) is 2.34. The van der Waals surface area contributed by atoms with E-state index in [9.17, 15) is 0 Å². The maximum Gasteiger partial charge on any atom is 0.00800 e. The lowest BCUT2D eigenvalue weighted by atomic mass is 10.1. The number of hydrogen-bond donors (Lipinski definition) is 0. The zero-order chi connectivity index (χ0) is 9.10. The van der Waals surface area contributed by atoms with Gasteiger partial charge in [-0.05, 0) is 44.2 Å². The van der Waals surface area contributed by atoms with Gasteiger partial charge in [0.05, 0.1) is 0 Å². The Morgan fingerprint density at radius 2 is 1.69 bits per heavy atom. The first-order valence-corrected chi connectivity index (χ1v) is 6.26. The van der Waals surface area contributed by atoms with Crippen molar-refractivity contribution in [3.05, 3.63) is 21.4 Å². The van der Waals surface area contributed by atoms with Crippen LogP contribution < -0.4 is 0 Å². The van der Waals surface area contributed by atoms with E-state index < -0.39 is 0 Å². The van der Waals surface area contributed by atoms with Crippen molar-refractivity contribution >= 4 is 11.3 Å². The Bertz CT molecular complexity index is 247. The fourth-order valence-electron chi connectivity index (χ4n) is 2.17. The van der Waals surface area contributed by atoms with E-state index >= 15 is 0 Å². The van der Waals surface area contributed by atoms with E-state index in [2.05, 4.69) is 13.0 Å². The lowest BCUT2D eigenvalue weighted by Gasteiger charge is -1.98. The molecule has 1 aromatic heterocycles. The molecule has 0 saturated heterocycles. The van der Waals surface area contributed by atoms with Crippen LogP contribution in [-0.4, -0.2) is 0 Å². The molecule has 0 unspecified atom stereocenters. The van der Waals surface area contributed by atoms with Crippen molar-refractivity contribution in [2.75, 3.05) is 0 Å². The predicted molar refractivity (Wildman–Crippen MR) is 59.5 cm³/mol. The number of rotatable bonds is 0. The molecule has 0 amide bonds. The summed E-state index contributed by atoms with van der Waals surface area (Å²) in [6.45, 7) is 2.24. The minimum Gasteiger partial charge on any atom is -0.145 e. The van der Waals surface area contributed by atoms with Gasteiger partial charge in [-0.15, -0.1) is 11.3 Å². The van der Waals surface area contributed by atoms with Crippen LogP contribution in [-0.2, 0) is 12.8 Å². The summed E-state index contributed by atoms with van der Waals surface area (Å²) < 4.78 is 0. The minimum atomic E-state index is 1.33. The van der Waals surface area contributed by atoms with Gasteiger partial charge in [-0.1, -0.05) is 19.3 Å². The minimum absolute atomic E-state index is 1.33. The maximum atomic E-state index is 2.41. The van der Waals surface area contributed by atoms with E-state index in [0.717, 1.165) is 0 Å². The van der Waals surface area contributed by atoms with E-state index in [4.69, 9.17) is 0 Å². The molecule has 0 nitrogen and oxygen atoms in total. The third-order valence-corrected chi connectivity index (χ3v) is 4.02. The Labute approximate surface area is 85.0 Å². The van der Waals surface area contributed by atoms with Gasteiger partial charge in [-0.2, -0.15) is 0 Å². The normalized spacial score (nSPS) is 18.5. The molecule has 13 heavy (non-hydrogen) atoms. The van der Waals surface area contributed by atoms with Crippen molar-refractivity contribution in [2.24, 2.45) is 0 Å². The molecule has 0 radical (unpaired) electrons. The molecule has 2 rings (SSSR count). The highest BCUT2D eigenvalue weighted by molar-refractivity contribution is 7.12. The zero-order valence-electron chi connectivity index (χ0n) is 8.44. The molecule has 72 valence electrons. The topological polar surface area (TPSA) is 0 Å². The highest BCUT2D eigenvalue weighted by Crippen LogP contribution is 2.27. The van der Waals surface area contributed by atoms with Crippen LogP contribution in [0.2, 0.25) is 0 Å². The molecule has 0 aliphatic heterocycles. The highest BCUT2D eigenvalue weighted by Gasteiger charge is 2.08. The molecule has 1 aliphatic carbocycles.